The van der Waals surface area contributed by atoms with Crippen LogP contribution in [0.4, 0.5) is 0 Å². The predicted octanol–water partition coefficient (Wildman–Crippen LogP) is 2.00. The number of aromatic nitrogens is 2. The van der Waals surface area contributed by atoms with Gasteiger partial charge in [0.05, 0.1) is 12.9 Å². The maximum Gasteiger partial charge on any atom is 0.314 e. The lowest BCUT2D eigenvalue weighted by Gasteiger charge is -2.17. The van der Waals surface area contributed by atoms with Gasteiger partial charge < -0.3 is 14.8 Å². The van der Waals surface area contributed by atoms with Crippen molar-refractivity contribution in [1.29, 1.82) is 0 Å². The number of carbonyl (C=O) groups excluding carboxylic acids is 1. The van der Waals surface area contributed by atoms with Crippen molar-refractivity contribution in [3.63, 3.8) is 0 Å². The van der Waals surface area contributed by atoms with Gasteiger partial charge in [-0.2, -0.15) is 0 Å². The fourth-order valence-corrected chi connectivity index (χ4v) is 2.26. The zero-order chi connectivity index (χ0) is 15.9. The van der Waals surface area contributed by atoms with Gasteiger partial charge in [0.15, 0.2) is 5.78 Å². The lowest BCUT2D eigenvalue weighted by Crippen LogP contribution is -2.31. The van der Waals surface area contributed by atoms with Crippen LogP contribution < -0.4 is 0 Å². The number of aliphatic carboxylic acids is 1. The molecule has 0 aliphatic carbocycles. The van der Waals surface area contributed by atoms with E-state index in [1.165, 1.54) is 12.5 Å². The van der Waals surface area contributed by atoms with Crippen molar-refractivity contribution in [2.75, 3.05) is 6.61 Å². The van der Waals surface area contributed by atoms with Crippen molar-refractivity contribution in [1.82, 2.24) is 9.97 Å². The van der Waals surface area contributed by atoms with Gasteiger partial charge in [-0.1, -0.05) is 37.3 Å². The predicted molar refractivity (Wildman–Crippen MR) is 79.2 cm³/mol. The van der Waals surface area contributed by atoms with Crippen molar-refractivity contribution >= 4 is 11.8 Å². The van der Waals surface area contributed by atoms with Gasteiger partial charge in [-0.3, -0.25) is 9.59 Å². The molecule has 2 atom stereocenters. The molecule has 6 nitrogen and oxygen atoms in total. The molecule has 0 saturated heterocycles. The molecule has 2 N–H and O–H groups in total. The average Bonchev–Trinajstić information content (AvgIpc) is 3.02. The van der Waals surface area contributed by atoms with Gasteiger partial charge in [0.25, 0.3) is 0 Å². The number of ketones is 1. The summed E-state index contributed by atoms with van der Waals surface area (Å²) in [4.78, 5) is 30.3. The molecule has 116 valence electrons. The van der Waals surface area contributed by atoms with Gasteiger partial charge in [0, 0.05) is 17.8 Å². The highest BCUT2D eigenvalue weighted by molar-refractivity contribution is 5.99. The highest BCUT2D eigenvalue weighted by atomic mass is 16.5. The average molecular weight is 302 g/mol. The van der Waals surface area contributed by atoms with E-state index in [0.717, 1.165) is 5.56 Å². The number of H-pyrrole nitrogens is 1. The number of hydrogen-bond donors (Lipinski definition) is 2. The number of ether oxygens (including phenoxy) is 1. The van der Waals surface area contributed by atoms with Crippen molar-refractivity contribution in [3.05, 3.63) is 54.1 Å². The highest BCUT2D eigenvalue weighted by Gasteiger charge is 2.33. The summed E-state index contributed by atoms with van der Waals surface area (Å²) in [6.45, 7) is 1.73. The number of rotatable bonds is 8. The molecular formula is C16H18N2O4. The number of hydrogen-bond acceptors (Lipinski definition) is 4. The molecule has 1 aromatic carbocycles. The minimum atomic E-state index is -1.16. The lowest BCUT2D eigenvalue weighted by molar-refractivity contribution is -0.148. The minimum Gasteiger partial charge on any atom is -0.481 e. The number of nitrogens with zero attached hydrogens (tertiary/aromatic N) is 1. The van der Waals surface area contributed by atoms with Gasteiger partial charge in [-0.15, -0.1) is 0 Å². The Morgan fingerprint density at radius 2 is 2.05 bits per heavy atom. The molecule has 2 unspecified atom stereocenters. The number of nitrogens with one attached hydrogen (secondary N) is 1. The van der Waals surface area contributed by atoms with E-state index in [1.807, 2.05) is 30.3 Å². The summed E-state index contributed by atoms with van der Waals surface area (Å²) >= 11 is 0. The zero-order valence-corrected chi connectivity index (χ0v) is 12.2. The maximum atomic E-state index is 12.2. The topological polar surface area (TPSA) is 92.3 Å². The van der Waals surface area contributed by atoms with Crippen molar-refractivity contribution in [2.45, 2.75) is 19.4 Å². The highest BCUT2D eigenvalue weighted by Crippen LogP contribution is 2.23. The normalized spacial score (nSPS) is 13.5. The first-order valence-corrected chi connectivity index (χ1v) is 6.95. The molecule has 22 heavy (non-hydrogen) atoms. The second-order valence-corrected chi connectivity index (χ2v) is 5.06. The summed E-state index contributed by atoms with van der Waals surface area (Å²) in [5.41, 5.74) is 1.55. The van der Waals surface area contributed by atoms with E-state index in [1.54, 1.807) is 6.92 Å². The molecule has 0 aliphatic rings. The molecule has 0 aliphatic heterocycles. The second-order valence-electron chi connectivity index (χ2n) is 5.06. The Kier molecular flexibility index (Phi) is 5.43. The first-order valence-electron chi connectivity index (χ1n) is 6.95. The van der Waals surface area contributed by atoms with Crippen LogP contribution in [0.25, 0.3) is 0 Å². The van der Waals surface area contributed by atoms with Crippen molar-refractivity contribution in [3.8, 4) is 0 Å². The van der Waals surface area contributed by atoms with Crippen LogP contribution in [0.15, 0.2) is 42.9 Å². The van der Waals surface area contributed by atoms with E-state index < -0.39 is 23.6 Å². The number of carboxylic acid groups (broad SMARTS) is 1. The molecule has 0 bridgehead atoms. The van der Waals surface area contributed by atoms with E-state index >= 15 is 0 Å². The van der Waals surface area contributed by atoms with Gasteiger partial charge in [-0.05, 0) is 5.56 Å². The van der Waals surface area contributed by atoms with Gasteiger partial charge in [0.2, 0.25) is 0 Å². The largest absolute Gasteiger partial charge is 0.481 e. The van der Waals surface area contributed by atoms with Crippen molar-refractivity contribution < 1.29 is 19.4 Å². The molecule has 0 radical (unpaired) electrons. The Bertz CT molecular complexity index is 610. The summed E-state index contributed by atoms with van der Waals surface area (Å²) in [5.74, 6) is -3.26. The van der Waals surface area contributed by atoms with Crippen molar-refractivity contribution in [2.24, 2.45) is 5.92 Å². The fraction of sp³-hybridized carbons (Fsp3) is 0.312. The Balaban J connectivity index is 1.94. The Hall–Kier alpha value is -2.47. The SMILES string of the molecule is CC(c1cnc[nH]1)C(C(=O)O)C(=O)COCc1ccccc1. The quantitative estimate of drug-likeness (QED) is 0.728. The molecule has 1 heterocycles. The van der Waals surface area contributed by atoms with E-state index in [2.05, 4.69) is 9.97 Å². The lowest BCUT2D eigenvalue weighted by atomic mass is 9.88. The van der Waals surface area contributed by atoms with Crippen LogP contribution in [0, 0.1) is 5.92 Å². The Labute approximate surface area is 128 Å². The number of Topliss-reactive ketones (excluding diaryl/α,β-unsaturated/α-hetero) is 1. The third-order valence-corrected chi connectivity index (χ3v) is 3.48. The molecule has 1 aromatic heterocycles. The monoisotopic (exact) mass is 302 g/mol. The number of aromatic amines is 1. The fourth-order valence-electron chi connectivity index (χ4n) is 2.26. The van der Waals surface area contributed by atoms with Crippen LogP contribution in [0.1, 0.15) is 24.1 Å². The molecule has 2 rings (SSSR count). The van der Waals surface area contributed by atoms with Gasteiger partial charge in [-0.25, -0.2) is 4.98 Å². The molecule has 0 saturated carbocycles. The number of imidazole rings is 1. The molecule has 0 amide bonds. The first kappa shape index (κ1) is 15.9. The maximum absolute atomic E-state index is 12.2. The molecule has 0 fully saturated rings. The van der Waals surface area contributed by atoms with Crippen LogP contribution in [-0.2, 0) is 20.9 Å². The van der Waals surface area contributed by atoms with E-state index in [0.29, 0.717) is 5.69 Å². The van der Waals surface area contributed by atoms with Gasteiger partial charge in [0.1, 0.15) is 12.5 Å². The van der Waals surface area contributed by atoms with E-state index in [-0.39, 0.29) is 13.2 Å². The molecule has 2 aromatic rings. The second kappa shape index (κ2) is 7.51. The Morgan fingerprint density at radius 1 is 1.32 bits per heavy atom. The van der Waals surface area contributed by atoms with E-state index in [4.69, 9.17) is 4.74 Å². The number of carbonyl (C=O) groups is 2. The number of carboxylic acids is 1. The summed E-state index contributed by atoms with van der Waals surface area (Å²) in [6.07, 6.45) is 2.99. The number of benzene rings is 1. The van der Waals surface area contributed by atoms with Crippen LogP contribution in [0.2, 0.25) is 0 Å². The minimum absolute atomic E-state index is 0.232. The third kappa shape index (κ3) is 4.02. The first-order chi connectivity index (χ1) is 10.6. The van der Waals surface area contributed by atoms with Gasteiger partial charge >= 0.3 is 5.97 Å². The Morgan fingerprint density at radius 3 is 2.64 bits per heavy atom. The molecule has 0 spiro atoms. The zero-order valence-electron chi connectivity index (χ0n) is 12.2. The van der Waals surface area contributed by atoms with Crippen LogP contribution >= 0.6 is 0 Å². The van der Waals surface area contributed by atoms with Crippen LogP contribution in [-0.4, -0.2) is 33.4 Å². The molecule has 6 heteroatoms. The van der Waals surface area contributed by atoms with E-state index in [9.17, 15) is 14.7 Å². The molecular weight excluding hydrogens is 284 g/mol. The van der Waals surface area contributed by atoms with Crippen LogP contribution in [0.3, 0.4) is 0 Å². The van der Waals surface area contributed by atoms with Crippen LogP contribution in [0.5, 0.6) is 0 Å². The summed E-state index contributed by atoms with van der Waals surface area (Å²) in [7, 11) is 0. The summed E-state index contributed by atoms with van der Waals surface area (Å²) in [6, 6.07) is 9.40. The smallest absolute Gasteiger partial charge is 0.314 e. The standard InChI is InChI=1S/C16H18N2O4/c1-11(13-7-17-10-18-13)15(16(20)21)14(19)9-22-8-12-5-3-2-4-6-12/h2-7,10-11,15H,8-9H2,1H3,(H,17,18)(H,20,21). The summed E-state index contributed by atoms with van der Waals surface area (Å²) < 4.78 is 5.34. The summed E-state index contributed by atoms with van der Waals surface area (Å²) in [5, 5.41) is 9.32. The third-order valence-electron chi connectivity index (χ3n) is 3.48.